The van der Waals surface area contributed by atoms with E-state index in [0.29, 0.717) is 12.2 Å². The van der Waals surface area contributed by atoms with Crippen LogP contribution in [0.3, 0.4) is 0 Å². The van der Waals surface area contributed by atoms with Gasteiger partial charge < -0.3 is 15.3 Å². The van der Waals surface area contributed by atoms with E-state index in [-0.39, 0.29) is 5.56 Å². The SMILES string of the molecule is CN(C)CCNc1ccncc1C(=O)O. The lowest BCUT2D eigenvalue weighted by Gasteiger charge is -2.12. The predicted molar refractivity (Wildman–Crippen MR) is 58.2 cm³/mol. The van der Waals surface area contributed by atoms with Gasteiger partial charge in [-0.1, -0.05) is 0 Å². The second-order valence-corrected chi connectivity index (χ2v) is 3.46. The molecule has 0 bridgehead atoms. The predicted octanol–water partition coefficient (Wildman–Crippen LogP) is 0.753. The quantitative estimate of drug-likeness (QED) is 0.749. The monoisotopic (exact) mass is 209 g/mol. The summed E-state index contributed by atoms with van der Waals surface area (Å²) in [6, 6.07) is 1.67. The molecule has 0 spiro atoms. The largest absolute Gasteiger partial charge is 0.478 e. The van der Waals surface area contributed by atoms with Gasteiger partial charge in [-0.05, 0) is 20.2 Å². The zero-order valence-corrected chi connectivity index (χ0v) is 8.90. The fourth-order valence-corrected chi connectivity index (χ4v) is 1.13. The molecule has 0 atom stereocenters. The molecular weight excluding hydrogens is 194 g/mol. The summed E-state index contributed by atoms with van der Waals surface area (Å²) in [7, 11) is 3.93. The van der Waals surface area contributed by atoms with Crippen molar-refractivity contribution in [3.63, 3.8) is 0 Å². The molecule has 0 fully saturated rings. The van der Waals surface area contributed by atoms with Crippen LogP contribution in [0.15, 0.2) is 18.5 Å². The van der Waals surface area contributed by atoms with Crippen molar-refractivity contribution in [2.45, 2.75) is 0 Å². The van der Waals surface area contributed by atoms with Gasteiger partial charge >= 0.3 is 5.97 Å². The summed E-state index contributed by atoms with van der Waals surface area (Å²) in [5.41, 5.74) is 0.815. The van der Waals surface area contributed by atoms with Crippen LogP contribution in [0.25, 0.3) is 0 Å². The van der Waals surface area contributed by atoms with Gasteiger partial charge in [0.25, 0.3) is 0 Å². The molecule has 0 aliphatic heterocycles. The van der Waals surface area contributed by atoms with Crippen molar-refractivity contribution in [1.29, 1.82) is 0 Å². The van der Waals surface area contributed by atoms with Crippen molar-refractivity contribution in [3.05, 3.63) is 24.0 Å². The number of nitrogens with zero attached hydrogens (tertiary/aromatic N) is 2. The number of rotatable bonds is 5. The van der Waals surface area contributed by atoms with E-state index in [4.69, 9.17) is 5.11 Å². The molecule has 82 valence electrons. The first-order valence-corrected chi connectivity index (χ1v) is 4.67. The summed E-state index contributed by atoms with van der Waals surface area (Å²) < 4.78 is 0. The third-order valence-electron chi connectivity index (χ3n) is 1.93. The molecule has 0 aliphatic rings. The Bertz CT molecular complexity index is 339. The van der Waals surface area contributed by atoms with E-state index in [2.05, 4.69) is 10.3 Å². The standard InChI is InChI=1S/C10H15N3O2/c1-13(2)6-5-12-9-3-4-11-7-8(9)10(14)15/h3-4,7H,5-6H2,1-2H3,(H,11,12)(H,14,15). The summed E-state index contributed by atoms with van der Waals surface area (Å²) in [5, 5.41) is 11.9. The van der Waals surface area contributed by atoms with Crippen molar-refractivity contribution < 1.29 is 9.90 Å². The number of hydrogen-bond acceptors (Lipinski definition) is 4. The normalized spacial score (nSPS) is 10.3. The van der Waals surface area contributed by atoms with E-state index in [9.17, 15) is 4.79 Å². The number of aromatic nitrogens is 1. The zero-order chi connectivity index (χ0) is 11.3. The summed E-state index contributed by atoms with van der Waals surface area (Å²) in [6.07, 6.45) is 2.92. The van der Waals surface area contributed by atoms with Gasteiger partial charge in [0.05, 0.1) is 5.69 Å². The molecule has 0 amide bonds. The lowest BCUT2D eigenvalue weighted by atomic mass is 10.2. The molecule has 15 heavy (non-hydrogen) atoms. The van der Waals surface area contributed by atoms with Gasteiger partial charge in [-0.15, -0.1) is 0 Å². The summed E-state index contributed by atoms with van der Waals surface area (Å²) >= 11 is 0. The van der Waals surface area contributed by atoms with Gasteiger partial charge in [0, 0.05) is 25.5 Å². The molecule has 0 unspecified atom stereocenters. The Morgan fingerprint density at radius 2 is 2.33 bits per heavy atom. The fraction of sp³-hybridized carbons (Fsp3) is 0.400. The number of carbonyl (C=O) groups is 1. The number of carboxylic acids is 1. The second-order valence-electron chi connectivity index (χ2n) is 3.46. The van der Waals surface area contributed by atoms with Crippen molar-refractivity contribution >= 4 is 11.7 Å². The van der Waals surface area contributed by atoms with Crippen LogP contribution in [0.2, 0.25) is 0 Å². The third-order valence-corrected chi connectivity index (χ3v) is 1.93. The Morgan fingerprint density at radius 3 is 2.93 bits per heavy atom. The van der Waals surface area contributed by atoms with Crippen LogP contribution >= 0.6 is 0 Å². The lowest BCUT2D eigenvalue weighted by molar-refractivity contribution is 0.0697. The molecule has 1 aromatic heterocycles. The van der Waals surface area contributed by atoms with Crippen molar-refractivity contribution in [1.82, 2.24) is 9.88 Å². The lowest BCUT2D eigenvalue weighted by Crippen LogP contribution is -2.21. The molecule has 0 aromatic carbocycles. The molecule has 1 heterocycles. The van der Waals surface area contributed by atoms with Gasteiger partial charge in [-0.25, -0.2) is 4.79 Å². The molecule has 1 aromatic rings. The minimum atomic E-state index is -0.963. The molecule has 5 nitrogen and oxygen atoms in total. The fourth-order valence-electron chi connectivity index (χ4n) is 1.13. The van der Waals surface area contributed by atoms with E-state index in [1.54, 1.807) is 12.3 Å². The molecular formula is C10H15N3O2. The molecule has 0 saturated carbocycles. The highest BCUT2D eigenvalue weighted by molar-refractivity contribution is 5.93. The van der Waals surface area contributed by atoms with Crippen molar-refractivity contribution in [2.24, 2.45) is 0 Å². The number of nitrogens with one attached hydrogen (secondary N) is 1. The molecule has 2 N–H and O–H groups in total. The van der Waals surface area contributed by atoms with Crippen LogP contribution in [-0.4, -0.2) is 48.1 Å². The molecule has 5 heteroatoms. The van der Waals surface area contributed by atoms with Crippen molar-refractivity contribution in [3.8, 4) is 0 Å². The average molecular weight is 209 g/mol. The third kappa shape index (κ3) is 3.55. The van der Waals surface area contributed by atoms with Gasteiger partial charge in [0.1, 0.15) is 5.56 Å². The molecule has 0 radical (unpaired) electrons. The Labute approximate surface area is 88.7 Å². The summed E-state index contributed by atoms with van der Waals surface area (Å²) in [4.78, 5) is 16.6. The smallest absolute Gasteiger partial charge is 0.339 e. The maximum Gasteiger partial charge on any atom is 0.339 e. The van der Waals surface area contributed by atoms with Crippen LogP contribution in [-0.2, 0) is 0 Å². The van der Waals surface area contributed by atoms with Crippen molar-refractivity contribution in [2.75, 3.05) is 32.5 Å². The Balaban J connectivity index is 2.63. The van der Waals surface area contributed by atoms with Crippen LogP contribution in [0.1, 0.15) is 10.4 Å². The van der Waals surface area contributed by atoms with Crippen LogP contribution in [0.4, 0.5) is 5.69 Å². The highest BCUT2D eigenvalue weighted by Gasteiger charge is 2.08. The number of carboxylic acid groups (broad SMARTS) is 1. The summed E-state index contributed by atoms with van der Waals surface area (Å²) in [5.74, 6) is -0.963. The maximum atomic E-state index is 10.8. The van der Waals surface area contributed by atoms with Gasteiger partial charge in [-0.2, -0.15) is 0 Å². The zero-order valence-electron chi connectivity index (χ0n) is 8.90. The highest BCUT2D eigenvalue weighted by Crippen LogP contribution is 2.12. The number of anilines is 1. The molecule has 0 aliphatic carbocycles. The number of hydrogen-bond donors (Lipinski definition) is 2. The first kappa shape index (κ1) is 11.5. The number of likely N-dealkylation sites (N-methyl/N-ethyl adjacent to an activating group) is 1. The van der Waals surface area contributed by atoms with Crippen LogP contribution in [0.5, 0.6) is 0 Å². The Kier molecular flexibility index (Phi) is 4.05. The minimum Gasteiger partial charge on any atom is -0.478 e. The summed E-state index contributed by atoms with van der Waals surface area (Å²) in [6.45, 7) is 1.55. The van der Waals surface area contributed by atoms with E-state index < -0.39 is 5.97 Å². The Morgan fingerprint density at radius 1 is 1.60 bits per heavy atom. The highest BCUT2D eigenvalue weighted by atomic mass is 16.4. The number of aromatic carboxylic acids is 1. The first-order valence-electron chi connectivity index (χ1n) is 4.67. The average Bonchev–Trinajstić information content (AvgIpc) is 2.17. The topological polar surface area (TPSA) is 65.5 Å². The molecule has 0 saturated heterocycles. The number of pyridine rings is 1. The first-order chi connectivity index (χ1) is 7.11. The van der Waals surface area contributed by atoms with E-state index in [1.165, 1.54) is 6.20 Å². The van der Waals surface area contributed by atoms with Crippen LogP contribution in [0, 0.1) is 0 Å². The van der Waals surface area contributed by atoms with E-state index in [0.717, 1.165) is 6.54 Å². The van der Waals surface area contributed by atoms with Gasteiger partial charge in [0.2, 0.25) is 0 Å². The maximum absolute atomic E-state index is 10.8. The Hall–Kier alpha value is -1.62. The second kappa shape index (κ2) is 5.31. The van der Waals surface area contributed by atoms with Gasteiger partial charge in [0.15, 0.2) is 0 Å². The minimum absolute atomic E-state index is 0.205. The van der Waals surface area contributed by atoms with Gasteiger partial charge in [-0.3, -0.25) is 4.98 Å². The van der Waals surface area contributed by atoms with E-state index in [1.807, 2.05) is 19.0 Å². The van der Waals surface area contributed by atoms with Crippen LogP contribution < -0.4 is 5.32 Å². The van der Waals surface area contributed by atoms with E-state index >= 15 is 0 Å². The molecule has 1 rings (SSSR count).